The van der Waals surface area contributed by atoms with Crippen molar-refractivity contribution < 1.29 is 22.6 Å². The number of hydrogen-bond donors (Lipinski definition) is 1. The molecule has 6 aromatic rings. The van der Waals surface area contributed by atoms with Crippen molar-refractivity contribution in [2.75, 3.05) is 0 Å². The minimum absolute atomic E-state index is 0.0687. The van der Waals surface area contributed by atoms with Crippen LogP contribution in [-0.2, 0) is 17.6 Å². The van der Waals surface area contributed by atoms with Gasteiger partial charge in [-0.2, -0.15) is 0 Å². The molecular formula is C29H18F3N5O2. The number of pyridine rings is 1. The molecule has 0 aliphatic rings. The summed E-state index contributed by atoms with van der Waals surface area (Å²) in [5.74, 6) is -2.45. The number of amides is 1. The van der Waals surface area contributed by atoms with Crippen LogP contribution in [0.2, 0.25) is 0 Å². The number of carbonyl (C=O) groups excluding carboxylic acids is 1. The molecule has 39 heavy (non-hydrogen) atoms. The highest BCUT2D eigenvalue weighted by molar-refractivity contribution is 6.10. The van der Waals surface area contributed by atoms with Crippen molar-refractivity contribution >= 4 is 33.6 Å². The Balaban J connectivity index is 1.43. The van der Waals surface area contributed by atoms with Crippen molar-refractivity contribution in [2.45, 2.75) is 12.8 Å². The van der Waals surface area contributed by atoms with E-state index in [1.54, 1.807) is 48.8 Å². The van der Waals surface area contributed by atoms with Crippen molar-refractivity contribution in [1.82, 2.24) is 20.3 Å². The van der Waals surface area contributed by atoms with E-state index in [4.69, 9.17) is 4.63 Å². The lowest BCUT2D eigenvalue weighted by molar-refractivity contribution is -0.117. The van der Waals surface area contributed by atoms with Crippen LogP contribution in [0.4, 0.5) is 13.2 Å². The lowest BCUT2D eigenvalue weighted by Gasteiger charge is -2.12. The van der Waals surface area contributed by atoms with Crippen LogP contribution in [0, 0.1) is 17.5 Å². The fourth-order valence-corrected chi connectivity index (χ4v) is 4.55. The highest BCUT2D eigenvalue weighted by atomic mass is 19.1. The van der Waals surface area contributed by atoms with Crippen LogP contribution in [-0.4, -0.2) is 31.9 Å². The van der Waals surface area contributed by atoms with Gasteiger partial charge in [0, 0.05) is 41.3 Å². The van der Waals surface area contributed by atoms with E-state index < -0.39 is 23.4 Å². The quantitative estimate of drug-likeness (QED) is 0.270. The average molecular weight is 525 g/mol. The Hall–Kier alpha value is -5.12. The molecule has 0 fully saturated rings. The molecule has 3 heterocycles. The number of aliphatic imine (C=N–C) groups is 1. The summed E-state index contributed by atoms with van der Waals surface area (Å²) in [6, 6.07) is 16.2. The standard InChI is InChI=1S/C29H18F3N5O2/c30-19-4-6-24-23(14-19)18(15-34-24)12-28(38)35-27(10-16-8-20(31)13-21(32)9-16)29-22(2-1-7-33-29)17-3-5-25-26(11-17)37-39-36-25/h1-9,11,13-15,34H,10,12H2. The van der Waals surface area contributed by atoms with Gasteiger partial charge in [0.25, 0.3) is 0 Å². The molecule has 3 aromatic heterocycles. The Morgan fingerprint density at radius 3 is 2.54 bits per heavy atom. The van der Waals surface area contributed by atoms with E-state index in [1.165, 1.54) is 24.3 Å². The molecule has 7 nitrogen and oxygen atoms in total. The predicted octanol–water partition coefficient (Wildman–Crippen LogP) is 5.98. The Morgan fingerprint density at radius 2 is 1.69 bits per heavy atom. The first kappa shape index (κ1) is 24.2. The van der Waals surface area contributed by atoms with Gasteiger partial charge in [0.15, 0.2) is 0 Å². The molecule has 0 radical (unpaired) electrons. The number of aromatic nitrogens is 4. The van der Waals surface area contributed by atoms with Gasteiger partial charge in [0.2, 0.25) is 5.91 Å². The number of H-pyrrole nitrogens is 1. The van der Waals surface area contributed by atoms with Crippen molar-refractivity contribution in [3.63, 3.8) is 0 Å². The molecule has 0 saturated carbocycles. The summed E-state index contributed by atoms with van der Waals surface area (Å²) >= 11 is 0. The molecule has 0 aliphatic heterocycles. The largest absolute Gasteiger partial charge is 0.361 e. The van der Waals surface area contributed by atoms with Gasteiger partial charge in [-0.25, -0.2) is 22.8 Å². The Kier molecular flexibility index (Phi) is 6.20. The number of fused-ring (bicyclic) bond motifs is 2. The van der Waals surface area contributed by atoms with Crippen LogP contribution in [0.5, 0.6) is 0 Å². The molecule has 0 aliphatic carbocycles. The number of nitrogens with one attached hydrogen (secondary N) is 1. The number of aromatic amines is 1. The maximum Gasteiger partial charge on any atom is 0.250 e. The summed E-state index contributed by atoms with van der Waals surface area (Å²) in [7, 11) is 0. The van der Waals surface area contributed by atoms with Gasteiger partial charge in [-0.05, 0) is 75.5 Å². The van der Waals surface area contributed by atoms with E-state index in [2.05, 4.69) is 25.3 Å². The summed E-state index contributed by atoms with van der Waals surface area (Å²) in [4.78, 5) is 25.1. The highest BCUT2D eigenvalue weighted by Gasteiger charge is 2.18. The molecule has 1 N–H and O–H groups in total. The summed E-state index contributed by atoms with van der Waals surface area (Å²) in [5, 5.41) is 8.27. The maximum atomic E-state index is 14.0. The fourth-order valence-electron chi connectivity index (χ4n) is 4.55. The van der Waals surface area contributed by atoms with Crippen LogP contribution >= 0.6 is 0 Å². The second-order valence-corrected chi connectivity index (χ2v) is 8.95. The van der Waals surface area contributed by atoms with Gasteiger partial charge in [-0.1, -0.05) is 12.1 Å². The van der Waals surface area contributed by atoms with E-state index in [0.717, 1.165) is 6.07 Å². The summed E-state index contributed by atoms with van der Waals surface area (Å²) < 4.78 is 46.7. The molecule has 0 unspecified atom stereocenters. The molecule has 0 bridgehead atoms. The first-order valence-electron chi connectivity index (χ1n) is 11.9. The van der Waals surface area contributed by atoms with Gasteiger partial charge in [0.1, 0.15) is 28.5 Å². The van der Waals surface area contributed by atoms with Crippen LogP contribution < -0.4 is 0 Å². The Morgan fingerprint density at radius 1 is 0.872 bits per heavy atom. The highest BCUT2D eigenvalue weighted by Crippen LogP contribution is 2.27. The van der Waals surface area contributed by atoms with Gasteiger partial charge in [-0.3, -0.25) is 9.78 Å². The molecule has 192 valence electrons. The number of nitrogens with zero attached hydrogens (tertiary/aromatic N) is 4. The van der Waals surface area contributed by atoms with Gasteiger partial charge < -0.3 is 4.98 Å². The third-order valence-corrected chi connectivity index (χ3v) is 6.27. The van der Waals surface area contributed by atoms with E-state index in [-0.39, 0.29) is 24.1 Å². The molecule has 10 heteroatoms. The van der Waals surface area contributed by atoms with Gasteiger partial charge >= 0.3 is 0 Å². The predicted molar refractivity (Wildman–Crippen MR) is 139 cm³/mol. The van der Waals surface area contributed by atoms with Crippen LogP contribution in [0.3, 0.4) is 0 Å². The summed E-state index contributed by atoms with van der Waals surface area (Å²) in [6.07, 6.45) is 2.99. The zero-order chi connectivity index (χ0) is 26.9. The summed E-state index contributed by atoms with van der Waals surface area (Å²) in [5.41, 5.74) is 4.53. The average Bonchev–Trinajstić information content (AvgIpc) is 3.54. The van der Waals surface area contributed by atoms with Gasteiger partial charge in [0.05, 0.1) is 17.8 Å². The molecule has 3 aromatic carbocycles. The van der Waals surface area contributed by atoms with Crippen molar-refractivity contribution in [3.8, 4) is 11.1 Å². The van der Waals surface area contributed by atoms with Gasteiger partial charge in [-0.15, -0.1) is 0 Å². The number of halogens is 3. The smallest absolute Gasteiger partial charge is 0.250 e. The van der Waals surface area contributed by atoms with E-state index in [1.807, 2.05) is 0 Å². The topological polar surface area (TPSA) is 97.0 Å². The number of benzene rings is 3. The van der Waals surface area contributed by atoms with Crippen molar-refractivity contribution in [2.24, 2.45) is 4.99 Å². The lowest BCUT2D eigenvalue weighted by Crippen LogP contribution is -2.14. The fraction of sp³-hybridized carbons (Fsp3) is 0.0690. The monoisotopic (exact) mass is 525 g/mol. The minimum atomic E-state index is -0.748. The molecule has 0 atom stereocenters. The normalized spacial score (nSPS) is 11.9. The van der Waals surface area contributed by atoms with Crippen molar-refractivity contribution in [3.05, 3.63) is 113 Å². The molecular weight excluding hydrogens is 507 g/mol. The molecule has 6 rings (SSSR count). The third-order valence-electron chi connectivity index (χ3n) is 6.27. The molecule has 0 saturated heterocycles. The zero-order valence-electron chi connectivity index (χ0n) is 20.2. The van der Waals surface area contributed by atoms with Crippen LogP contribution in [0.25, 0.3) is 33.1 Å². The van der Waals surface area contributed by atoms with E-state index in [9.17, 15) is 18.0 Å². The SMILES string of the molecule is O=C(Cc1c[nH]c2ccc(F)cc12)N=C(Cc1cc(F)cc(F)c1)c1ncccc1-c1ccc2nonc2c1. The second kappa shape index (κ2) is 9.97. The molecule has 0 spiro atoms. The number of carbonyl (C=O) groups is 1. The zero-order valence-corrected chi connectivity index (χ0v) is 20.2. The summed E-state index contributed by atoms with van der Waals surface area (Å²) in [6.45, 7) is 0. The molecule has 1 amide bonds. The third kappa shape index (κ3) is 5.04. The van der Waals surface area contributed by atoms with Crippen LogP contribution in [0.1, 0.15) is 16.8 Å². The van der Waals surface area contributed by atoms with Crippen LogP contribution in [0.15, 0.2) is 88.7 Å². The first-order chi connectivity index (χ1) is 18.9. The Bertz CT molecular complexity index is 1870. The maximum absolute atomic E-state index is 14.0. The van der Waals surface area contributed by atoms with E-state index in [0.29, 0.717) is 44.3 Å². The number of rotatable bonds is 6. The van der Waals surface area contributed by atoms with Crippen molar-refractivity contribution in [1.29, 1.82) is 0 Å². The second-order valence-electron chi connectivity index (χ2n) is 8.95. The minimum Gasteiger partial charge on any atom is -0.361 e. The number of hydrogen-bond acceptors (Lipinski definition) is 5. The Labute approximate surface area is 219 Å². The lowest BCUT2D eigenvalue weighted by atomic mass is 9.97. The van der Waals surface area contributed by atoms with E-state index >= 15 is 0 Å². The first-order valence-corrected chi connectivity index (χ1v) is 11.9.